The van der Waals surface area contributed by atoms with Gasteiger partial charge in [-0.3, -0.25) is 4.79 Å². The largest absolute Gasteiger partial charge is 0.494 e. The lowest BCUT2D eigenvalue weighted by Crippen LogP contribution is -2.52. The second-order valence-electron chi connectivity index (χ2n) is 10.3. The summed E-state index contributed by atoms with van der Waals surface area (Å²) in [6.07, 6.45) is -1.05. The number of aliphatic hydroxyl groups excluding tert-OH is 3. The molecule has 9 heteroatoms. The lowest BCUT2D eigenvalue weighted by molar-refractivity contribution is -0.200. The maximum atomic E-state index is 11.4. The molecule has 0 aliphatic carbocycles. The van der Waals surface area contributed by atoms with Gasteiger partial charge in [0.25, 0.3) is 0 Å². The summed E-state index contributed by atoms with van der Waals surface area (Å²) >= 11 is 1.30. The van der Waals surface area contributed by atoms with Crippen molar-refractivity contribution in [3.8, 4) is 5.75 Å². The number of hydrogen-bond donors (Lipinski definition) is 5. The minimum atomic E-state index is -1.27. The standard InChI is InChI=1S/C28H40N2O6S/c1-17-6-9-19(25-23(32)22(31)24(33)26(36-25)37-4)15-20(17)14-18-7-10-21(11-8-18)35-13-5-12-30-16-28(2,3)27(29)34/h6-11,15,22-26,30-33H,5,12-14,16H2,1-4H3,(H2,29,34). The first-order valence-corrected chi connectivity index (χ1v) is 13.9. The SMILES string of the molecule is CSC1OC(c2ccc(C)c(Cc3ccc(OCCCNCC(C)(C)C(N)=O)cc3)c2)C(O)C(O)C1O. The molecule has 1 aliphatic heterocycles. The molecule has 1 saturated heterocycles. The fourth-order valence-corrected chi connectivity index (χ4v) is 4.85. The summed E-state index contributed by atoms with van der Waals surface area (Å²) in [5.41, 5.74) is 8.29. The Hall–Kier alpha value is -2.14. The number of amides is 1. The van der Waals surface area contributed by atoms with Gasteiger partial charge in [0.2, 0.25) is 5.91 Å². The predicted octanol–water partition coefficient (Wildman–Crippen LogP) is 2.30. The van der Waals surface area contributed by atoms with Crippen molar-refractivity contribution in [3.63, 3.8) is 0 Å². The minimum Gasteiger partial charge on any atom is -0.494 e. The Bertz CT molecular complexity index is 1030. The van der Waals surface area contributed by atoms with Crippen molar-refractivity contribution in [1.82, 2.24) is 5.32 Å². The Morgan fingerprint density at radius 2 is 1.81 bits per heavy atom. The van der Waals surface area contributed by atoms with Crippen molar-refractivity contribution in [2.75, 3.05) is 26.0 Å². The molecule has 1 amide bonds. The number of benzene rings is 2. The summed E-state index contributed by atoms with van der Waals surface area (Å²) in [6.45, 7) is 7.51. The summed E-state index contributed by atoms with van der Waals surface area (Å²) in [5, 5.41) is 34.2. The van der Waals surface area contributed by atoms with Crippen LogP contribution in [0.2, 0.25) is 0 Å². The van der Waals surface area contributed by atoms with Gasteiger partial charge in [0.1, 0.15) is 35.6 Å². The molecule has 5 atom stereocenters. The third-order valence-electron chi connectivity index (χ3n) is 6.82. The van der Waals surface area contributed by atoms with Gasteiger partial charge in [0.05, 0.1) is 12.0 Å². The molecular formula is C28H40N2O6S. The van der Waals surface area contributed by atoms with Crippen LogP contribution in [0.15, 0.2) is 42.5 Å². The quantitative estimate of drug-likeness (QED) is 0.263. The van der Waals surface area contributed by atoms with Crippen LogP contribution in [-0.2, 0) is 16.0 Å². The van der Waals surface area contributed by atoms with Crippen LogP contribution in [-0.4, -0.2) is 70.9 Å². The van der Waals surface area contributed by atoms with E-state index in [0.717, 1.165) is 41.0 Å². The molecular weight excluding hydrogens is 492 g/mol. The van der Waals surface area contributed by atoms with Crippen molar-refractivity contribution in [1.29, 1.82) is 0 Å². The molecule has 2 aromatic carbocycles. The summed E-state index contributed by atoms with van der Waals surface area (Å²) < 4.78 is 11.8. The number of nitrogens with one attached hydrogen (secondary N) is 1. The maximum Gasteiger partial charge on any atom is 0.224 e. The topological polar surface area (TPSA) is 134 Å². The smallest absolute Gasteiger partial charge is 0.224 e. The summed E-state index contributed by atoms with van der Waals surface area (Å²) in [6, 6.07) is 13.9. The molecule has 0 aromatic heterocycles. The highest BCUT2D eigenvalue weighted by Crippen LogP contribution is 2.36. The van der Waals surface area contributed by atoms with Crippen LogP contribution in [0, 0.1) is 12.3 Å². The molecule has 1 heterocycles. The van der Waals surface area contributed by atoms with E-state index in [1.165, 1.54) is 11.8 Å². The number of ether oxygens (including phenoxy) is 2. The molecule has 8 nitrogen and oxygen atoms in total. The lowest BCUT2D eigenvalue weighted by atomic mass is 9.91. The molecule has 204 valence electrons. The van der Waals surface area contributed by atoms with E-state index in [4.69, 9.17) is 15.2 Å². The lowest BCUT2D eigenvalue weighted by Gasteiger charge is -2.40. The first-order valence-electron chi connectivity index (χ1n) is 12.6. The Morgan fingerprint density at radius 3 is 2.46 bits per heavy atom. The van der Waals surface area contributed by atoms with Crippen LogP contribution < -0.4 is 15.8 Å². The third kappa shape index (κ3) is 7.69. The Balaban J connectivity index is 1.54. The van der Waals surface area contributed by atoms with Crippen LogP contribution in [0.3, 0.4) is 0 Å². The van der Waals surface area contributed by atoms with Crippen LogP contribution in [0.1, 0.15) is 48.6 Å². The van der Waals surface area contributed by atoms with Crippen LogP contribution >= 0.6 is 11.8 Å². The maximum absolute atomic E-state index is 11.4. The van der Waals surface area contributed by atoms with Crippen LogP contribution in [0.4, 0.5) is 0 Å². The van der Waals surface area contributed by atoms with Crippen molar-refractivity contribution < 1.29 is 29.6 Å². The number of rotatable bonds is 12. The highest BCUT2D eigenvalue weighted by atomic mass is 32.2. The average Bonchev–Trinajstić information content (AvgIpc) is 2.87. The molecule has 1 fully saturated rings. The number of hydrogen-bond acceptors (Lipinski definition) is 8. The van der Waals surface area contributed by atoms with Gasteiger partial charge in [-0.1, -0.05) is 30.3 Å². The Morgan fingerprint density at radius 1 is 1.11 bits per heavy atom. The fourth-order valence-electron chi connectivity index (χ4n) is 4.18. The molecule has 37 heavy (non-hydrogen) atoms. The van der Waals surface area contributed by atoms with Gasteiger partial charge in [-0.15, -0.1) is 11.8 Å². The van der Waals surface area contributed by atoms with Crippen molar-refractivity contribution in [3.05, 3.63) is 64.7 Å². The number of carbonyl (C=O) groups is 1. The summed E-state index contributed by atoms with van der Waals surface area (Å²) in [4.78, 5) is 11.4. The zero-order chi connectivity index (χ0) is 27.2. The van der Waals surface area contributed by atoms with E-state index < -0.39 is 35.3 Å². The number of carbonyl (C=O) groups excluding carboxylic acids is 1. The van der Waals surface area contributed by atoms with Gasteiger partial charge in [0, 0.05) is 6.54 Å². The molecule has 0 bridgehead atoms. The van der Waals surface area contributed by atoms with E-state index in [1.807, 2.05) is 63.2 Å². The zero-order valence-corrected chi connectivity index (χ0v) is 22.8. The fraction of sp³-hybridized carbons (Fsp3) is 0.536. The average molecular weight is 533 g/mol. The van der Waals surface area contributed by atoms with E-state index in [-0.39, 0.29) is 5.91 Å². The van der Waals surface area contributed by atoms with Gasteiger partial charge in [-0.2, -0.15) is 0 Å². The Kier molecular flexibility index (Phi) is 10.4. The monoisotopic (exact) mass is 532 g/mol. The van der Waals surface area contributed by atoms with Crippen molar-refractivity contribution in [2.45, 2.75) is 63.5 Å². The number of nitrogens with two attached hydrogens (primary N) is 1. The minimum absolute atomic E-state index is 0.318. The molecule has 0 saturated carbocycles. The number of aliphatic hydroxyl groups is 3. The third-order valence-corrected chi connectivity index (χ3v) is 7.68. The van der Waals surface area contributed by atoms with Gasteiger partial charge in [-0.25, -0.2) is 0 Å². The van der Waals surface area contributed by atoms with Gasteiger partial charge in [0.15, 0.2) is 0 Å². The normalized spacial score (nSPS) is 24.1. The number of primary amides is 1. The van der Waals surface area contributed by atoms with Gasteiger partial charge < -0.3 is 35.8 Å². The summed E-state index contributed by atoms with van der Waals surface area (Å²) in [5.74, 6) is 0.474. The molecule has 3 rings (SSSR count). The molecule has 6 N–H and O–H groups in total. The zero-order valence-electron chi connectivity index (χ0n) is 22.0. The van der Waals surface area contributed by atoms with E-state index in [0.29, 0.717) is 19.6 Å². The van der Waals surface area contributed by atoms with Crippen molar-refractivity contribution >= 4 is 17.7 Å². The molecule has 1 aliphatic rings. The Labute approximate surface area is 223 Å². The number of thioether (sulfide) groups is 1. The van der Waals surface area contributed by atoms with E-state index >= 15 is 0 Å². The predicted molar refractivity (Wildman–Crippen MR) is 146 cm³/mol. The van der Waals surface area contributed by atoms with Crippen LogP contribution in [0.25, 0.3) is 0 Å². The van der Waals surface area contributed by atoms with Crippen molar-refractivity contribution in [2.24, 2.45) is 11.1 Å². The molecule has 0 radical (unpaired) electrons. The van der Waals surface area contributed by atoms with E-state index in [2.05, 4.69) is 5.32 Å². The second-order valence-corrected chi connectivity index (χ2v) is 11.2. The second kappa shape index (κ2) is 13.1. The number of aryl methyl sites for hydroxylation is 1. The van der Waals surface area contributed by atoms with E-state index in [9.17, 15) is 20.1 Å². The first kappa shape index (κ1) is 29.4. The summed E-state index contributed by atoms with van der Waals surface area (Å²) in [7, 11) is 0. The van der Waals surface area contributed by atoms with Crippen LogP contribution in [0.5, 0.6) is 5.75 Å². The highest BCUT2D eigenvalue weighted by Gasteiger charge is 2.44. The van der Waals surface area contributed by atoms with Gasteiger partial charge in [-0.05, 0) is 80.8 Å². The molecule has 0 spiro atoms. The molecule has 2 aromatic rings. The first-order chi connectivity index (χ1) is 17.5. The van der Waals surface area contributed by atoms with E-state index in [1.54, 1.807) is 6.26 Å². The van der Waals surface area contributed by atoms with Gasteiger partial charge >= 0.3 is 0 Å². The molecule has 5 unspecified atom stereocenters. The highest BCUT2D eigenvalue weighted by molar-refractivity contribution is 7.99.